The number of hydrogen-bond donors (Lipinski definition) is 2. The first kappa shape index (κ1) is 21.2. The van der Waals surface area contributed by atoms with E-state index in [-0.39, 0.29) is 6.04 Å². The molecule has 0 spiro atoms. The molecule has 1 atom stereocenters. The number of methoxy groups -OCH3 is 1. The van der Waals surface area contributed by atoms with Crippen molar-refractivity contribution in [3.05, 3.63) is 29.8 Å². The Morgan fingerprint density at radius 3 is 2.28 bits per heavy atom. The molecule has 0 heterocycles. The summed E-state index contributed by atoms with van der Waals surface area (Å²) in [5, 5.41) is 4.90. The van der Waals surface area contributed by atoms with Crippen LogP contribution in [0.5, 0.6) is 5.75 Å². The minimum Gasteiger partial charge on any atom is -0.497 e. The monoisotopic (exact) mass is 358 g/mol. The van der Waals surface area contributed by atoms with E-state index in [1.807, 2.05) is 31.2 Å². The Kier molecular flexibility index (Phi) is 7.60. The van der Waals surface area contributed by atoms with E-state index in [0.29, 0.717) is 6.42 Å². The van der Waals surface area contributed by atoms with Gasteiger partial charge in [-0.05, 0) is 51.8 Å². The third-order valence-corrected chi connectivity index (χ3v) is 3.30. The number of rotatable bonds is 8. The molecular formula is C18H28F2N2O3. The van der Waals surface area contributed by atoms with Gasteiger partial charge in [0.2, 0.25) is 0 Å². The Morgan fingerprint density at radius 1 is 1.16 bits per heavy atom. The summed E-state index contributed by atoms with van der Waals surface area (Å²) in [7, 11) is 1.59. The molecule has 1 rings (SSSR count). The third kappa shape index (κ3) is 9.24. The van der Waals surface area contributed by atoms with E-state index in [0.717, 1.165) is 11.3 Å². The van der Waals surface area contributed by atoms with Gasteiger partial charge < -0.3 is 20.1 Å². The predicted octanol–water partition coefficient (Wildman–Crippen LogP) is 3.38. The van der Waals surface area contributed by atoms with Crippen LogP contribution in [0.4, 0.5) is 13.6 Å². The predicted molar refractivity (Wildman–Crippen MR) is 93.3 cm³/mol. The lowest BCUT2D eigenvalue weighted by molar-refractivity contribution is -0.00518. The Labute approximate surface area is 148 Å². The summed E-state index contributed by atoms with van der Waals surface area (Å²) in [4.78, 5) is 11.4. The maximum absolute atomic E-state index is 13.9. The van der Waals surface area contributed by atoms with Gasteiger partial charge in [0, 0.05) is 6.04 Å². The highest BCUT2D eigenvalue weighted by molar-refractivity contribution is 5.67. The molecule has 0 saturated carbocycles. The molecule has 0 aliphatic heterocycles. The van der Waals surface area contributed by atoms with Gasteiger partial charge in [-0.2, -0.15) is 0 Å². The summed E-state index contributed by atoms with van der Waals surface area (Å²) in [6, 6.07) is 7.34. The normalized spacial score (nSPS) is 13.2. The Bertz CT molecular complexity index is 542. The highest BCUT2D eigenvalue weighted by Gasteiger charge is 2.30. The molecule has 5 nitrogen and oxygen atoms in total. The lowest BCUT2D eigenvalue weighted by Crippen LogP contribution is -2.46. The summed E-state index contributed by atoms with van der Waals surface area (Å²) in [5.74, 6) is -2.31. The van der Waals surface area contributed by atoms with Crippen LogP contribution < -0.4 is 15.4 Å². The molecule has 0 fully saturated rings. The molecule has 0 bridgehead atoms. The van der Waals surface area contributed by atoms with Crippen molar-refractivity contribution in [2.45, 2.75) is 51.7 Å². The van der Waals surface area contributed by atoms with Crippen LogP contribution in [0.25, 0.3) is 0 Å². The van der Waals surface area contributed by atoms with E-state index >= 15 is 0 Å². The first-order valence-electron chi connectivity index (χ1n) is 8.22. The number of benzene rings is 1. The van der Waals surface area contributed by atoms with Gasteiger partial charge in [-0.25, -0.2) is 13.6 Å². The number of carbonyl (C=O) groups excluding carboxylic acids is 1. The molecule has 0 aliphatic rings. The molecule has 142 valence electrons. The summed E-state index contributed by atoms with van der Waals surface area (Å²) in [6.45, 7) is 5.55. The van der Waals surface area contributed by atoms with E-state index < -0.39 is 30.7 Å². The Hall–Kier alpha value is -1.89. The molecule has 1 unspecified atom stereocenters. The van der Waals surface area contributed by atoms with Gasteiger partial charge in [-0.1, -0.05) is 12.1 Å². The summed E-state index contributed by atoms with van der Waals surface area (Å²) >= 11 is 0. The van der Waals surface area contributed by atoms with Gasteiger partial charge in [-0.3, -0.25) is 0 Å². The number of amides is 1. The van der Waals surface area contributed by atoms with Crippen LogP contribution in [-0.4, -0.2) is 43.9 Å². The number of nitrogens with one attached hydrogen (secondary N) is 2. The second-order valence-corrected chi connectivity index (χ2v) is 7.05. The van der Waals surface area contributed by atoms with Crippen LogP contribution in [0.15, 0.2) is 24.3 Å². The highest BCUT2D eigenvalue weighted by atomic mass is 19.3. The Morgan fingerprint density at radius 2 is 1.76 bits per heavy atom. The van der Waals surface area contributed by atoms with Crippen molar-refractivity contribution < 1.29 is 23.0 Å². The zero-order chi connectivity index (χ0) is 19.1. The van der Waals surface area contributed by atoms with E-state index in [2.05, 4.69) is 10.6 Å². The van der Waals surface area contributed by atoms with Crippen LogP contribution in [0.2, 0.25) is 0 Å². The summed E-state index contributed by atoms with van der Waals surface area (Å²) in [6.07, 6.45) is -0.238. The van der Waals surface area contributed by atoms with Crippen LogP contribution in [0.3, 0.4) is 0 Å². The molecule has 1 amide bonds. The molecule has 0 saturated heterocycles. The topological polar surface area (TPSA) is 59.6 Å². The SMILES string of the molecule is COc1ccc(CC(C)NCC(F)(F)CNC(=O)OC(C)(C)C)cc1. The quantitative estimate of drug-likeness (QED) is 0.748. The molecule has 1 aromatic carbocycles. The first-order valence-corrected chi connectivity index (χ1v) is 8.22. The highest BCUT2D eigenvalue weighted by Crippen LogP contribution is 2.14. The van der Waals surface area contributed by atoms with Crippen molar-refractivity contribution in [1.29, 1.82) is 0 Å². The van der Waals surface area contributed by atoms with Gasteiger partial charge in [0.1, 0.15) is 11.4 Å². The second kappa shape index (κ2) is 8.99. The maximum Gasteiger partial charge on any atom is 0.407 e. The molecule has 0 aliphatic carbocycles. The number of halogens is 2. The molecule has 2 N–H and O–H groups in total. The van der Waals surface area contributed by atoms with Crippen molar-refractivity contribution >= 4 is 6.09 Å². The van der Waals surface area contributed by atoms with Crippen LogP contribution in [-0.2, 0) is 11.2 Å². The lowest BCUT2D eigenvalue weighted by atomic mass is 10.1. The molecular weight excluding hydrogens is 330 g/mol. The summed E-state index contributed by atoms with van der Waals surface area (Å²) in [5.41, 5.74) is 0.306. The van der Waals surface area contributed by atoms with Gasteiger partial charge >= 0.3 is 6.09 Å². The average Bonchev–Trinajstić information content (AvgIpc) is 2.50. The second-order valence-electron chi connectivity index (χ2n) is 7.05. The Balaban J connectivity index is 2.37. The molecule has 7 heteroatoms. The van der Waals surface area contributed by atoms with E-state index in [1.54, 1.807) is 27.9 Å². The fraction of sp³-hybridized carbons (Fsp3) is 0.611. The van der Waals surface area contributed by atoms with Crippen LogP contribution in [0, 0.1) is 0 Å². The van der Waals surface area contributed by atoms with Crippen molar-refractivity contribution in [2.75, 3.05) is 20.2 Å². The third-order valence-electron chi connectivity index (χ3n) is 3.30. The van der Waals surface area contributed by atoms with Gasteiger partial charge in [0.05, 0.1) is 20.2 Å². The van der Waals surface area contributed by atoms with Crippen molar-refractivity contribution in [2.24, 2.45) is 0 Å². The fourth-order valence-electron chi connectivity index (χ4n) is 2.09. The number of ether oxygens (including phenoxy) is 2. The van der Waals surface area contributed by atoms with E-state index in [4.69, 9.17) is 9.47 Å². The fourth-order valence-corrected chi connectivity index (χ4v) is 2.09. The van der Waals surface area contributed by atoms with Gasteiger partial charge in [0.25, 0.3) is 5.92 Å². The van der Waals surface area contributed by atoms with Crippen LogP contribution in [0.1, 0.15) is 33.3 Å². The van der Waals surface area contributed by atoms with Gasteiger partial charge in [0.15, 0.2) is 0 Å². The molecule has 1 aromatic rings. The van der Waals surface area contributed by atoms with Gasteiger partial charge in [-0.15, -0.1) is 0 Å². The molecule has 0 aromatic heterocycles. The minimum atomic E-state index is -3.06. The zero-order valence-electron chi connectivity index (χ0n) is 15.5. The van der Waals surface area contributed by atoms with Crippen molar-refractivity contribution in [1.82, 2.24) is 10.6 Å². The lowest BCUT2D eigenvalue weighted by Gasteiger charge is -2.23. The number of carbonyl (C=O) groups is 1. The van der Waals surface area contributed by atoms with Crippen molar-refractivity contribution in [3.63, 3.8) is 0 Å². The van der Waals surface area contributed by atoms with E-state index in [1.165, 1.54) is 0 Å². The van der Waals surface area contributed by atoms with Crippen molar-refractivity contribution in [3.8, 4) is 5.75 Å². The summed E-state index contributed by atoms with van der Waals surface area (Å²) < 4.78 is 37.8. The minimum absolute atomic E-state index is 0.138. The zero-order valence-corrected chi connectivity index (χ0v) is 15.5. The largest absolute Gasteiger partial charge is 0.497 e. The standard InChI is InChI=1S/C18H28F2N2O3/c1-13(10-14-6-8-15(24-5)9-7-14)21-11-18(19,20)12-22-16(23)25-17(2,3)4/h6-9,13,21H,10-12H2,1-5H3,(H,22,23). The smallest absolute Gasteiger partial charge is 0.407 e. The first-order chi connectivity index (χ1) is 11.5. The van der Waals surface area contributed by atoms with Crippen LogP contribution >= 0.6 is 0 Å². The molecule has 0 radical (unpaired) electrons. The number of alkyl halides is 2. The maximum atomic E-state index is 13.9. The van der Waals surface area contributed by atoms with E-state index in [9.17, 15) is 13.6 Å². The number of hydrogen-bond acceptors (Lipinski definition) is 4. The average molecular weight is 358 g/mol. The number of alkyl carbamates (subject to hydrolysis) is 1. The molecule has 25 heavy (non-hydrogen) atoms.